The summed E-state index contributed by atoms with van der Waals surface area (Å²) in [7, 11) is 0. The number of carboxylic acid groups (broad SMARTS) is 1. The zero-order chi connectivity index (χ0) is 26.0. The maximum Gasteiger partial charge on any atom is 0.345 e. The highest BCUT2D eigenvalue weighted by molar-refractivity contribution is 5.91. The highest BCUT2D eigenvalue weighted by Gasteiger charge is 2.23. The van der Waals surface area contributed by atoms with Crippen molar-refractivity contribution in [3.05, 3.63) is 70.8 Å². The number of ether oxygens (including phenoxy) is 2. The highest BCUT2D eigenvalue weighted by Crippen LogP contribution is 2.44. The summed E-state index contributed by atoms with van der Waals surface area (Å²) in [5.74, 6) is -3.89. The summed E-state index contributed by atoms with van der Waals surface area (Å²) in [6.45, 7) is 0. The van der Waals surface area contributed by atoms with Crippen LogP contribution in [0.4, 0.5) is 0 Å². The minimum atomic E-state index is -1.55. The second kappa shape index (κ2) is 9.63. The number of phenolic OH excluding ortho intramolecular Hbond substituents is 5. The molecule has 1 heterocycles. The Labute approximate surface area is 203 Å². The molecule has 0 aromatic heterocycles. The number of hydrogen-bond donors (Lipinski definition) is 6. The Bertz CT molecular complexity index is 1420. The van der Waals surface area contributed by atoms with E-state index in [1.165, 1.54) is 48.5 Å². The molecule has 0 aliphatic carbocycles. The molecule has 4 rings (SSSR count). The van der Waals surface area contributed by atoms with Crippen molar-refractivity contribution in [2.24, 2.45) is 0 Å². The van der Waals surface area contributed by atoms with Gasteiger partial charge in [-0.3, -0.25) is 0 Å². The highest BCUT2D eigenvalue weighted by atomic mass is 16.6. The van der Waals surface area contributed by atoms with Crippen LogP contribution in [0.5, 0.6) is 40.2 Å². The van der Waals surface area contributed by atoms with Crippen molar-refractivity contribution in [1.29, 1.82) is 0 Å². The smallest absolute Gasteiger partial charge is 0.345 e. The van der Waals surface area contributed by atoms with Gasteiger partial charge in [-0.15, -0.1) is 0 Å². The third-order valence-electron chi connectivity index (χ3n) is 5.35. The molecule has 3 aromatic carbocycles. The molecule has 1 atom stereocenters. The molecule has 184 valence electrons. The number of esters is 1. The summed E-state index contributed by atoms with van der Waals surface area (Å²) in [5.41, 5.74) is 1.56. The quantitative estimate of drug-likeness (QED) is 0.132. The number of carbonyl (C=O) groups excluding carboxylic acids is 1. The van der Waals surface area contributed by atoms with E-state index in [4.69, 9.17) is 9.47 Å². The normalized spacial score (nSPS) is 12.8. The SMILES string of the molecule is O=C(/C=C/c1ccc(O)c2c1C=Cc1cc(O)c(O)cc1O2)O[C@H](Cc1ccc(O)c(O)c1)C(=O)O. The number of aliphatic carboxylic acids is 1. The molecule has 0 saturated heterocycles. The number of aromatic hydroxyl groups is 5. The number of rotatable bonds is 6. The fraction of sp³-hybridized carbons (Fsp3) is 0.0769. The van der Waals surface area contributed by atoms with Crippen LogP contribution >= 0.6 is 0 Å². The Hall–Kier alpha value is -5.12. The fourth-order valence-electron chi connectivity index (χ4n) is 3.53. The zero-order valence-corrected chi connectivity index (χ0v) is 18.5. The van der Waals surface area contributed by atoms with Crippen molar-refractivity contribution in [2.75, 3.05) is 0 Å². The van der Waals surface area contributed by atoms with Crippen molar-refractivity contribution in [3.8, 4) is 40.2 Å². The predicted octanol–water partition coefficient (Wildman–Crippen LogP) is 3.74. The van der Waals surface area contributed by atoms with Gasteiger partial charge in [0.25, 0.3) is 0 Å². The molecule has 0 spiro atoms. The van der Waals surface area contributed by atoms with E-state index in [-0.39, 0.29) is 35.2 Å². The Kier molecular flexibility index (Phi) is 6.42. The summed E-state index contributed by atoms with van der Waals surface area (Å²) in [6.07, 6.45) is 3.74. The van der Waals surface area contributed by atoms with Crippen LogP contribution in [0.1, 0.15) is 22.3 Å². The predicted molar refractivity (Wildman–Crippen MR) is 127 cm³/mol. The Morgan fingerprint density at radius 3 is 2.28 bits per heavy atom. The average Bonchev–Trinajstić information content (AvgIpc) is 3.01. The van der Waals surface area contributed by atoms with Crippen LogP contribution in [0.15, 0.2) is 48.5 Å². The van der Waals surface area contributed by atoms with Crippen LogP contribution in [-0.4, -0.2) is 48.7 Å². The van der Waals surface area contributed by atoms with Crippen molar-refractivity contribution in [3.63, 3.8) is 0 Å². The van der Waals surface area contributed by atoms with E-state index >= 15 is 0 Å². The molecule has 0 fully saturated rings. The van der Waals surface area contributed by atoms with E-state index in [0.29, 0.717) is 22.3 Å². The zero-order valence-electron chi connectivity index (χ0n) is 18.5. The third kappa shape index (κ3) is 5.02. The van der Waals surface area contributed by atoms with Gasteiger partial charge in [0, 0.05) is 29.7 Å². The number of fused-ring (bicyclic) bond motifs is 2. The molecule has 1 aliphatic rings. The van der Waals surface area contributed by atoms with Crippen LogP contribution in [-0.2, 0) is 20.7 Å². The lowest BCUT2D eigenvalue weighted by Gasteiger charge is -2.14. The van der Waals surface area contributed by atoms with E-state index in [2.05, 4.69) is 0 Å². The molecule has 0 bridgehead atoms. The molecule has 6 N–H and O–H groups in total. The molecule has 0 unspecified atom stereocenters. The monoisotopic (exact) mass is 492 g/mol. The molecule has 10 heteroatoms. The number of carboxylic acids is 1. The minimum absolute atomic E-state index is 0.0427. The lowest BCUT2D eigenvalue weighted by Crippen LogP contribution is -2.28. The molecule has 0 radical (unpaired) electrons. The van der Waals surface area contributed by atoms with Crippen LogP contribution in [0, 0.1) is 0 Å². The second-order valence-corrected chi connectivity index (χ2v) is 7.86. The summed E-state index contributed by atoms with van der Waals surface area (Å²) >= 11 is 0. The molecular weight excluding hydrogens is 472 g/mol. The standard InChI is InChI=1S/C26H20O10/c27-17-6-1-13(9-19(17)29)10-23(26(33)34)35-24(32)8-4-14-3-7-18(28)25-16(14)5-2-15-11-20(30)21(31)12-22(15)36-25/h1-9,11-12,23,27-31H,10H2,(H,33,34)/b8-4+/t23-/m1/s1. The summed E-state index contributed by atoms with van der Waals surface area (Å²) < 4.78 is 10.8. The van der Waals surface area contributed by atoms with E-state index in [0.717, 1.165) is 6.08 Å². The van der Waals surface area contributed by atoms with Gasteiger partial charge in [0.2, 0.25) is 6.10 Å². The topological polar surface area (TPSA) is 174 Å². The first-order valence-corrected chi connectivity index (χ1v) is 10.5. The minimum Gasteiger partial charge on any atom is -0.504 e. The van der Waals surface area contributed by atoms with E-state index in [9.17, 15) is 40.2 Å². The summed E-state index contributed by atoms with van der Waals surface area (Å²) in [5, 5.41) is 58.2. The van der Waals surface area contributed by atoms with Gasteiger partial charge in [0.15, 0.2) is 34.5 Å². The van der Waals surface area contributed by atoms with E-state index in [1.807, 2.05) is 0 Å². The Morgan fingerprint density at radius 2 is 1.56 bits per heavy atom. The van der Waals surface area contributed by atoms with Gasteiger partial charge in [0.05, 0.1) is 0 Å². The van der Waals surface area contributed by atoms with Crippen LogP contribution in [0.25, 0.3) is 18.2 Å². The van der Waals surface area contributed by atoms with Gasteiger partial charge >= 0.3 is 11.9 Å². The van der Waals surface area contributed by atoms with E-state index < -0.39 is 29.5 Å². The molecule has 3 aromatic rings. The lowest BCUT2D eigenvalue weighted by molar-refractivity contribution is -0.160. The molecule has 1 aliphatic heterocycles. The van der Waals surface area contributed by atoms with Gasteiger partial charge in [-0.05, 0) is 47.5 Å². The van der Waals surface area contributed by atoms with Crippen LogP contribution < -0.4 is 4.74 Å². The molecule has 0 saturated carbocycles. The number of benzene rings is 3. The summed E-state index contributed by atoms with van der Waals surface area (Å²) in [4.78, 5) is 24.0. The Morgan fingerprint density at radius 1 is 0.861 bits per heavy atom. The number of carbonyl (C=O) groups is 2. The Balaban J connectivity index is 1.55. The first-order valence-electron chi connectivity index (χ1n) is 10.5. The second-order valence-electron chi connectivity index (χ2n) is 7.86. The van der Waals surface area contributed by atoms with Gasteiger partial charge in [-0.25, -0.2) is 9.59 Å². The maximum atomic E-state index is 12.4. The average molecular weight is 492 g/mol. The van der Waals surface area contributed by atoms with Gasteiger partial charge in [0.1, 0.15) is 5.75 Å². The molecule has 0 amide bonds. The first kappa shape index (κ1) is 24.0. The largest absolute Gasteiger partial charge is 0.504 e. The lowest BCUT2D eigenvalue weighted by atomic mass is 10.0. The van der Waals surface area contributed by atoms with Crippen molar-refractivity contribution in [2.45, 2.75) is 12.5 Å². The molecule has 36 heavy (non-hydrogen) atoms. The van der Waals surface area contributed by atoms with Crippen molar-refractivity contribution in [1.82, 2.24) is 0 Å². The maximum absolute atomic E-state index is 12.4. The third-order valence-corrected chi connectivity index (χ3v) is 5.35. The van der Waals surface area contributed by atoms with Crippen LogP contribution in [0.3, 0.4) is 0 Å². The van der Waals surface area contributed by atoms with Gasteiger partial charge < -0.3 is 40.1 Å². The molecular formula is C26H20O10. The summed E-state index contributed by atoms with van der Waals surface area (Å²) in [6, 6.07) is 9.08. The first-order chi connectivity index (χ1) is 17.1. The van der Waals surface area contributed by atoms with Crippen molar-refractivity contribution < 1.29 is 49.7 Å². The number of phenols is 5. The van der Waals surface area contributed by atoms with Crippen molar-refractivity contribution >= 4 is 30.2 Å². The number of hydrogen-bond acceptors (Lipinski definition) is 9. The van der Waals surface area contributed by atoms with Gasteiger partial charge in [-0.1, -0.05) is 18.2 Å². The molecule has 10 nitrogen and oxygen atoms in total. The van der Waals surface area contributed by atoms with Crippen LogP contribution in [0.2, 0.25) is 0 Å². The van der Waals surface area contributed by atoms with E-state index in [1.54, 1.807) is 12.2 Å². The van der Waals surface area contributed by atoms with Gasteiger partial charge in [-0.2, -0.15) is 0 Å². The fourth-order valence-corrected chi connectivity index (χ4v) is 3.53.